The maximum absolute atomic E-state index is 13.1. The van der Waals surface area contributed by atoms with E-state index in [4.69, 9.17) is 25.8 Å². The molecule has 0 bridgehead atoms. The zero-order chi connectivity index (χ0) is 21.9. The Kier molecular flexibility index (Phi) is 6.26. The number of carbonyl (C=O) groups is 1. The van der Waals surface area contributed by atoms with Gasteiger partial charge in [-0.25, -0.2) is 0 Å². The number of hydrogen-bond donors (Lipinski definition) is 0. The van der Waals surface area contributed by atoms with Gasteiger partial charge in [0, 0.05) is 6.42 Å². The first-order chi connectivity index (χ1) is 14.9. The quantitative estimate of drug-likeness (QED) is 0.258. The van der Waals surface area contributed by atoms with Crippen molar-refractivity contribution in [2.75, 3.05) is 6.61 Å². The Morgan fingerprint density at radius 2 is 1.65 bits per heavy atom. The number of benzene rings is 3. The lowest BCUT2D eigenvalue weighted by molar-refractivity contribution is -0.148. The molecule has 6 heteroatoms. The molecule has 0 saturated heterocycles. The number of carbonyl (C=O) groups excluding carboxylic acids is 1. The molecule has 0 spiro atoms. The number of rotatable bonds is 8. The molecule has 3 aromatic rings. The second-order valence-corrected chi connectivity index (χ2v) is 9.84. The summed E-state index contributed by atoms with van der Waals surface area (Å²) in [5, 5.41) is 0. The molecule has 160 valence electrons. The van der Waals surface area contributed by atoms with Gasteiger partial charge in [0.1, 0.15) is 33.1 Å². The van der Waals surface area contributed by atoms with Crippen molar-refractivity contribution < 1.29 is 19.0 Å². The van der Waals surface area contributed by atoms with Crippen molar-refractivity contribution in [3.05, 3.63) is 90.0 Å². The van der Waals surface area contributed by atoms with Crippen LogP contribution >= 0.6 is 27.5 Å². The predicted molar refractivity (Wildman–Crippen MR) is 124 cm³/mol. The molecule has 1 aliphatic rings. The van der Waals surface area contributed by atoms with E-state index in [0.717, 1.165) is 22.6 Å². The summed E-state index contributed by atoms with van der Waals surface area (Å²) >= 11 is 10.0. The predicted octanol–water partition coefficient (Wildman–Crippen LogP) is 6.59. The lowest BCUT2D eigenvalue weighted by Crippen LogP contribution is -2.28. The van der Waals surface area contributed by atoms with Crippen molar-refractivity contribution in [2.45, 2.75) is 29.1 Å². The zero-order valence-electron chi connectivity index (χ0n) is 17.0. The largest absolute Gasteiger partial charge is 0.494 e. The van der Waals surface area contributed by atoms with E-state index in [1.54, 1.807) is 0 Å². The van der Waals surface area contributed by atoms with Crippen molar-refractivity contribution in [2.24, 2.45) is 0 Å². The molecule has 1 saturated carbocycles. The van der Waals surface area contributed by atoms with Gasteiger partial charge in [-0.15, -0.1) is 11.6 Å². The van der Waals surface area contributed by atoms with Crippen LogP contribution in [-0.4, -0.2) is 16.4 Å². The molecule has 1 aliphatic carbocycles. The van der Waals surface area contributed by atoms with E-state index in [1.807, 2.05) is 85.8 Å². The third-order valence-electron chi connectivity index (χ3n) is 5.24. The average Bonchev–Trinajstić information content (AvgIpc) is 3.37. The molecule has 1 fully saturated rings. The lowest BCUT2D eigenvalue weighted by atomic mass is 9.96. The Labute approximate surface area is 195 Å². The third-order valence-corrected chi connectivity index (χ3v) is 6.65. The van der Waals surface area contributed by atoms with Gasteiger partial charge in [-0.05, 0) is 54.4 Å². The first-order valence-corrected chi connectivity index (χ1v) is 11.2. The van der Waals surface area contributed by atoms with Gasteiger partial charge in [0.15, 0.2) is 0 Å². The molecule has 31 heavy (non-hydrogen) atoms. The third kappa shape index (κ3) is 4.58. The molecule has 0 N–H and O–H groups in total. The standard InChI is InChI=1S/C25H22BrClO4/c1-2-29-20-13-11-19(12-14-20)24(17-25(24,26)27)23(28)30-16-18-7-6-10-22(15-18)31-21-8-4-3-5-9-21/h3-15H,2,16-17H2,1H3/t24-,25+/m1/s1. The molecule has 0 aliphatic heterocycles. The second-order valence-electron chi connectivity index (χ2n) is 7.38. The van der Waals surface area contributed by atoms with E-state index >= 15 is 0 Å². The van der Waals surface area contributed by atoms with E-state index in [2.05, 4.69) is 15.9 Å². The fourth-order valence-electron chi connectivity index (χ4n) is 3.54. The molecule has 4 rings (SSSR count). The Balaban J connectivity index is 1.45. The second kappa shape index (κ2) is 8.93. The van der Waals surface area contributed by atoms with Gasteiger partial charge in [-0.1, -0.05) is 58.4 Å². The highest BCUT2D eigenvalue weighted by Gasteiger charge is 2.72. The van der Waals surface area contributed by atoms with Crippen molar-refractivity contribution in [1.82, 2.24) is 0 Å². The minimum Gasteiger partial charge on any atom is -0.494 e. The van der Waals surface area contributed by atoms with Crippen LogP contribution in [0.1, 0.15) is 24.5 Å². The number of para-hydroxylation sites is 1. The number of halogens is 2. The average molecular weight is 502 g/mol. The van der Waals surface area contributed by atoms with Crippen LogP contribution in [0.25, 0.3) is 0 Å². The summed E-state index contributed by atoms with van der Waals surface area (Å²) in [6.45, 7) is 2.64. The SMILES string of the molecule is CCOc1ccc([C@@]2(C(=O)OCc3cccc(Oc4ccccc4)c3)C[C@@]2(Cl)Br)cc1. The Morgan fingerprint density at radius 1 is 0.968 bits per heavy atom. The van der Waals surface area contributed by atoms with Gasteiger partial charge in [-0.2, -0.15) is 0 Å². The fourth-order valence-corrected chi connectivity index (χ4v) is 4.74. The summed E-state index contributed by atoms with van der Waals surface area (Å²) in [5.74, 6) is 1.81. The van der Waals surface area contributed by atoms with Gasteiger partial charge >= 0.3 is 5.97 Å². The van der Waals surface area contributed by atoms with Gasteiger partial charge in [-0.3, -0.25) is 4.79 Å². The van der Waals surface area contributed by atoms with Gasteiger partial charge in [0.05, 0.1) is 6.61 Å². The number of esters is 1. The van der Waals surface area contributed by atoms with Crippen molar-refractivity contribution in [3.63, 3.8) is 0 Å². The molecular formula is C25H22BrClO4. The number of hydrogen-bond acceptors (Lipinski definition) is 4. The van der Waals surface area contributed by atoms with Crippen LogP contribution in [-0.2, 0) is 21.6 Å². The van der Waals surface area contributed by atoms with E-state index in [-0.39, 0.29) is 12.6 Å². The highest BCUT2D eigenvalue weighted by atomic mass is 79.9. The minimum absolute atomic E-state index is 0.129. The van der Waals surface area contributed by atoms with E-state index in [0.29, 0.717) is 18.8 Å². The van der Waals surface area contributed by atoms with Crippen LogP contribution in [0.4, 0.5) is 0 Å². The van der Waals surface area contributed by atoms with Crippen LogP contribution in [0, 0.1) is 0 Å². The summed E-state index contributed by atoms with van der Waals surface area (Å²) in [7, 11) is 0. The van der Waals surface area contributed by atoms with Gasteiger partial charge in [0.25, 0.3) is 0 Å². The summed E-state index contributed by atoms with van der Waals surface area (Å²) in [6, 6.07) is 24.4. The van der Waals surface area contributed by atoms with Crippen LogP contribution in [0.2, 0.25) is 0 Å². The smallest absolute Gasteiger partial charge is 0.319 e. The molecule has 0 heterocycles. The molecular weight excluding hydrogens is 480 g/mol. The fraction of sp³-hybridized carbons (Fsp3) is 0.240. The Bertz CT molecular complexity index is 1050. The molecule has 0 radical (unpaired) electrons. The van der Waals surface area contributed by atoms with Crippen molar-refractivity contribution >= 4 is 33.5 Å². The van der Waals surface area contributed by atoms with Crippen molar-refractivity contribution in [3.8, 4) is 17.2 Å². The van der Waals surface area contributed by atoms with E-state index in [1.165, 1.54) is 0 Å². The lowest BCUT2D eigenvalue weighted by Gasteiger charge is -2.18. The van der Waals surface area contributed by atoms with Gasteiger partial charge in [0.2, 0.25) is 0 Å². The summed E-state index contributed by atoms with van der Waals surface area (Å²) in [6.07, 6.45) is 0.450. The monoisotopic (exact) mass is 500 g/mol. The molecule has 2 atom stereocenters. The van der Waals surface area contributed by atoms with E-state index < -0.39 is 9.20 Å². The van der Waals surface area contributed by atoms with Crippen LogP contribution < -0.4 is 9.47 Å². The van der Waals surface area contributed by atoms with Crippen LogP contribution in [0.15, 0.2) is 78.9 Å². The summed E-state index contributed by atoms with van der Waals surface area (Å²) in [4.78, 5) is 13.1. The number of ether oxygens (including phenoxy) is 3. The van der Waals surface area contributed by atoms with Gasteiger partial charge < -0.3 is 14.2 Å². The van der Waals surface area contributed by atoms with Crippen molar-refractivity contribution in [1.29, 1.82) is 0 Å². The van der Waals surface area contributed by atoms with Crippen LogP contribution in [0.3, 0.4) is 0 Å². The molecule has 4 nitrogen and oxygen atoms in total. The molecule has 0 amide bonds. The first kappa shape index (κ1) is 21.7. The molecule has 3 aromatic carbocycles. The first-order valence-electron chi connectivity index (χ1n) is 10.0. The highest BCUT2D eigenvalue weighted by molar-refractivity contribution is 9.10. The number of alkyl halides is 2. The molecule has 0 aromatic heterocycles. The Hall–Kier alpha value is -2.50. The summed E-state index contributed by atoms with van der Waals surface area (Å²) < 4.78 is 16.2. The zero-order valence-corrected chi connectivity index (χ0v) is 19.4. The Morgan fingerprint density at radius 3 is 2.29 bits per heavy atom. The maximum atomic E-state index is 13.1. The maximum Gasteiger partial charge on any atom is 0.319 e. The summed E-state index contributed by atoms with van der Waals surface area (Å²) in [5.41, 5.74) is 0.699. The topological polar surface area (TPSA) is 44.8 Å². The van der Waals surface area contributed by atoms with Crippen LogP contribution in [0.5, 0.6) is 17.2 Å². The molecule has 0 unspecified atom stereocenters. The van der Waals surface area contributed by atoms with E-state index in [9.17, 15) is 4.79 Å². The highest BCUT2D eigenvalue weighted by Crippen LogP contribution is 2.66. The normalized spacial score (nSPS) is 21.9. The minimum atomic E-state index is -0.933.